The Hall–Kier alpha value is -1.40. The number of hydrogen-bond acceptors (Lipinski definition) is 3. The fourth-order valence-corrected chi connectivity index (χ4v) is 2.00. The maximum Gasteiger partial charge on any atom is 0.305 e. The number of ether oxygens (including phenoxy) is 1. The molecule has 5 nitrogen and oxygen atoms in total. The van der Waals surface area contributed by atoms with Crippen LogP contribution in [0.15, 0.2) is 28.7 Å². The number of aliphatic carboxylic acids is 1. The summed E-state index contributed by atoms with van der Waals surface area (Å²) in [4.78, 5) is 22.9. The average molecular weight is 344 g/mol. The first-order chi connectivity index (χ1) is 9.43. The minimum atomic E-state index is -0.970. The smallest absolute Gasteiger partial charge is 0.305 e. The summed E-state index contributed by atoms with van der Waals surface area (Å²) in [6.45, 7) is 3.86. The molecule has 2 N–H and O–H groups in total. The highest BCUT2D eigenvalue weighted by Gasteiger charge is 2.21. The van der Waals surface area contributed by atoms with Gasteiger partial charge >= 0.3 is 5.97 Å². The van der Waals surface area contributed by atoms with E-state index < -0.39 is 18.1 Å². The molecule has 1 aromatic rings. The van der Waals surface area contributed by atoms with E-state index in [2.05, 4.69) is 21.2 Å². The molecular weight excluding hydrogens is 326 g/mol. The maximum atomic E-state index is 11.9. The number of carboxylic acids is 1. The van der Waals surface area contributed by atoms with E-state index in [1.807, 2.05) is 12.1 Å². The van der Waals surface area contributed by atoms with Gasteiger partial charge in [0.25, 0.3) is 0 Å². The van der Waals surface area contributed by atoms with Crippen LogP contribution in [0.5, 0.6) is 0 Å². The van der Waals surface area contributed by atoms with Gasteiger partial charge in [-0.1, -0.05) is 28.1 Å². The van der Waals surface area contributed by atoms with Gasteiger partial charge < -0.3 is 15.2 Å². The van der Waals surface area contributed by atoms with Crippen molar-refractivity contribution in [2.75, 3.05) is 6.61 Å². The van der Waals surface area contributed by atoms with Crippen LogP contribution in [0.25, 0.3) is 0 Å². The van der Waals surface area contributed by atoms with Gasteiger partial charge in [0.2, 0.25) is 5.91 Å². The van der Waals surface area contributed by atoms with Crippen LogP contribution in [-0.2, 0) is 14.3 Å². The van der Waals surface area contributed by atoms with Crippen LogP contribution >= 0.6 is 15.9 Å². The van der Waals surface area contributed by atoms with Gasteiger partial charge in [-0.3, -0.25) is 9.59 Å². The van der Waals surface area contributed by atoms with Crippen molar-refractivity contribution in [1.29, 1.82) is 0 Å². The SMILES string of the molecule is CCO[C@H](C)C(=O)N[C@@H](CC(=O)O)c1ccc(Br)cc1. The van der Waals surface area contributed by atoms with E-state index in [4.69, 9.17) is 9.84 Å². The lowest BCUT2D eigenvalue weighted by Gasteiger charge is -2.20. The number of carbonyl (C=O) groups is 2. The molecule has 1 rings (SSSR count). The Bertz CT molecular complexity index is 461. The molecule has 0 saturated carbocycles. The predicted octanol–water partition coefficient (Wildman–Crippen LogP) is 2.51. The van der Waals surface area contributed by atoms with Gasteiger partial charge in [-0.05, 0) is 31.5 Å². The Kier molecular flexibility index (Phi) is 6.67. The first-order valence-corrected chi connectivity index (χ1v) is 7.12. The van der Waals surface area contributed by atoms with E-state index >= 15 is 0 Å². The van der Waals surface area contributed by atoms with Gasteiger partial charge in [0, 0.05) is 11.1 Å². The second kappa shape index (κ2) is 8.01. The molecule has 0 unspecified atom stereocenters. The molecule has 0 radical (unpaired) electrons. The van der Waals surface area contributed by atoms with Crippen LogP contribution in [0.4, 0.5) is 0 Å². The van der Waals surface area contributed by atoms with Crippen molar-refractivity contribution in [3.63, 3.8) is 0 Å². The van der Waals surface area contributed by atoms with Crippen molar-refractivity contribution in [1.82, 2.24) is 5.32 Å². The fourth-order valence-electron chi connectivity index (χ4n) is 1.74. The van der Waals surface area contributed by atoms with Crippen molar-refractivity contribution >= 4 is 27.8 Å². The molecule has 2 atom stereocenters. The van der Waals surface area contributed by atoms with Crippen molar-refractivity contribution in [2.24, 2.45) is 0 Å². The summed E-state index contributed by atoms with van der Waals surface area (Å²) in [5, 5.41) is 11.7. The molecule has 0 heterocycles. The number of carboxylic acid groups (broad SMARTS) is 1. The highest BCUT2D eigenvalue weighted by atomic mass is 79.9. The lowest BCUT2D eigenvalue weighted by atomic mass is 10.0. The van der Waals surface area contributed by atoms with Crippen LogP contribution < -0.4 is 5.32 Å². The van der Waals surface area contributed by atoms with Gasteiger partial charge in [0.1, 0.15) is 6.10 Å². The Morgan fingerprint density at radius 1 is 1.35 bits per heavy atom. The molecule has 110 valence electrons. The van der Waals surface area contributed by atoms with Gasteiger partial charge in [-0.25, -0.2) is 0 Å². The zero-order valence-electron chi connectivity index (χ0n) is 11.4. The topological polar surface area (TPSA) is 75.6 Å². The average Bonchev–Trinajstić information content (AvgIpc) is 2.38. The predicted molar refractivity (Wildman–Crippen MR) is 78.4 cm³/mol. The highest BCUT2D eigenvalue weighted by molar-refractivity contribution is 9.10. The summed E-state index contributed by atoms with van der Waals surface area (Å²) in [7, 11) is 0. The standard InChI is InChI=1S/C14H18BrNO4/c1-3-20-9(2)14(19)16-12(8-13(17)18)10-4-6-11(15)7-5-10/h4-7,9,12H,3,8H2,1-2H3,(H,16,19)(H,17,18)/t9-,12+/m1/s1. The molecule has 0 aliphatic carbocycles. The fraction of sp³-hybridized carbons (Fsp3) is 0.429. The Labute approximate surface area is 126 Å². The summed E-state index contributed by atoms with van der Waals surface area (Å²) in [5.41, 5.74) is 0.743. The number of benzene rings is 1. The van der Waals surface area contributed by atoms with E-state index in [9.17, 15) is 9.59 Å². The number of carbonyl (C=O) groups excluding carboxylic acids is 1. The third-order valence-corrected chi connectivity index (χ3v) is 3.28. The number of amides is 1. The molecule has 20 heavy (non-hydrogen) atoms. The Morgan fingerprint density at radius 2 is 1.95 bits per heavy atom. The summed E-state index contributed by atoms with van der Waals surface area (Å²) in [6, 6.07) is 6.60. The summed E-state index contributed by atoms with van der Waals surface area (Å²) < 4.78 is 6.09. The first kappa shape index (κ1) is 16.7. The van der Waals surface area contributed by atoms with Crippen LogP contribution in [-0.4, -0.2) is 29.7 Å². The molecule has 0 aliphatic rings. The molecule has 0 fully saturated rings. The lowest BCUT2D eigenvalue weighted by Crippen LogP contribution is -2.38. The summed E-state index contributed by atoms with van der Waals surface area (Å²) in [5.74, 6) is -1.29. The summed E-state index contributed by atoms with van der Waals surface area (Å²) in [6.07, 6.45) is -0.779. The Morgan fingerprint density at radius 3 is 2.45 bits per heavy atom. The number of nitrogens with one attached hydrogen (secondary N) is 1. The maximum absolute atomic E-state index is 11.9. The molecule has 0 aromatic heterocycles. The molecule has 0 spiro atoms. The number of rotatable bonds is 7. The third kappa shape index (κ3) is 5.30. The van der Waals surface area contributed by atoms with Crippen LogP contribution in [0.3, 0.4) is 0 Å². The lowest BCUT2D eigenvalue weighted by molar-refractivity contribution is -0.138. The largest absolute Gasteiger partial charge is 0.481 e. The Balaban J connectivity index is 2.81. The second-order valence-electron chi connectivity index (χ2n) is 4.31. The minimum Gasteiger partial charge on any atom is -0.481 e. The summed E-state index contributed by atoms with van der Waals surface area (Å²) >= 11 is 3.32. The molecule has 0 saturated heterocycles. The molecular formula is C14H18BrNO4. The van der Waals surface area contributed by atoms with Crippen molar-refractivity contribution in [3.8, 4) is 0 Å². The van der Waals surface area contributed by atoms with Crippen molar-refractivity contribution < 1.29 is 19.4 Å². The van der Waals surface area contributed by atoms with Gasteiger partial charge in [-0.15, -0.1) is 0 Å². The molecule has 6 heteroatoms. The molecule has 0 aliphatic heterocycles. The van der Waals surface area contributed by atoms with E-state index in [1.54, 1.807) is 26.0 Å². The number of halogens is 1. The first-order valence-electron chi connectivity index (χ1n) is 6.33. The normalized spacial score (nSPS) is 13.6. The second-order valence-corrected chi connectivity index (χ2v) is 5.22. The van der Waals surface area contributed by atoms with Crippen LogP contribution in [0, 0.1) is 0 Å². The van der Waals surface area contributed by atoms with Gasteiger partial charge in [0.15, 0.2) is 0 Å². The van der Waals surface area contributed by atoms with E-state index in [1.165, 1.54) is 0 Å². The zero-order chi connectivity index (χ0) is 15.1. The number of hydrogen-bond donors (Lipinski definition) is 2. The van der Waals surface area contributed by atoms with E-state index in [0.29, 0.717) is 6.61 Å². The van der Waals surface area contributed by atoms with Crippen LogP contribution in [0.1, 0.15) is 31.9 Å². The van der Waals surface area contributed by atoms with Gasteiger partial charge in [0.05, 0.1) is 12.5 Å². The third-order valence-electron chi connectivity index (χ3n) is 2.75. The van der Waals surface area contributed by atoms with Crippen molar-refractivity contribution in [2.45, 2.75) is 32.4 Å². The van der Waals surface area contributed by atoms with Crippen LogP contribution in [0.2, 0.25) is 0 Å². The molecule has 0 bridgehead atoms. The highest BCUT2D eigenvalue weighted by Crippen LogP contribution is 2.20. The van der Waals surface area contributed by atoms with Crippen molar-refractivity contribution in [3.05, 3.63) is 34.3 Å². The molecule has 1 amide bonds. The quantitative estimate of drug-likeness (QED) is 0.797. The monoisotopic (exact) mass is 343 g/mol. The van der Waals surface area contributed by atoms with Gasteiger partial charge in [-0.2, -0.15) is 0 Å². The molecule has 1 aromatic carbocycles. The zero-order valence-corrected chi connectivity index (χ0v) is 13.0. The minimum absolute atomic E-state index is 0.174. The van der Waals surface area contributed by atoms with E-state index in [0.717, 1.165) is 10.0 Å². The van der Waals surface area contributed by atoms with E-state index in [-0.39, 0.29) is 12.3 Å².